The first-order valence-corrected chi connectivity index (χ1v) is 11.5. The van der Waals surface area contributed by atoms with Gasteiger partial charge in [-0.2, -0.15) is 5.10 Å². The first-order chi connectivity index (χ1) is 17.4. The van der Waals surface area contributed by atoms with Crippen molar-refractivity contribution in [2.24, 2.45) is 0 Å². The van der Waals surface area contributed by atoms with Crippen LogP contribution in [-0.2, 0) is 6.54 Å². The smallest absolute Gasteiger partial charge is 0.257 e. The Balaban J connectivity index is 1.29. The molecule has 1 atom stereocenters. The number of fused-ring (bicyclic) bond motifs is 3. The Morgan fingerprint density at radius 3 is 2.58 bits per heavy atom. The fraction of sp³-hybridized carbons (Fsp3) is 0.192. The van der Waals surface area contributed by atoms with Gasteiger partial charge in [0.1, 0.15) is 17.2 Å². The lowest BCUT2D eigenvalue weighted by Gasteiger charge is -2.25. The third kappa shape index (κ3) is 4.13. The first kappa shape index (κ1) is 23.0. The molecule has 5 rings (SSSR count). The Labute approximate surface area is 206 Å². The van der Waals surface area contributed by atoms with Crippen molar-refractivity contribution in [3.63, 3.8) is 0 Å². The van der Waals surface area contributed by atoms with Gasteiger partial charge in [-0.1, -0.05) is 18.2 Å². The molecule has 4 aromatic rings. The molecule has 0 aliphatic carbocycles. The Morgan fingerprint density at radius 2 is 1.89 bits per heavy atom. The molecule has 4 N–H and O–H groups in total. The topological polar surface area (TPSA) is 134 Å². The van der Waals surface area contributed by atoms with Gasteiger partial charge < -0.3 is 20.9 Å². The Morgan fingerprint density at radius 1 is 1.11 bits per heavy atom. The zero-order valence-corrected chi connectivity index (χ0v) is 20.0. The molecule has 0 bridgehead atoms. The van der Waals surface area contributed by atoms with E-state index in [1.54, 1.807) is 30.1 Å². The van der Waals surface area contributed by atoms with E-state index in [1.165, 1.54) is 6.20 Å². The molecule has 1 aliphatic rings. The summed E-state index contributed by atoms with van der Waals surface area (Å²) in [6, 6.07) is 12.5. The van der Waals surface area contributed by atoms with Gasteiger partial charge in [-0.3, -0.25) is 19.4 Å². The minimum atomic E-state index is -0.470. The van der Waals surface area contributed by atoms with Crippen molar-refractivity contribution in [3.05, 3.63) is 93.0 Å². The maximum Gasteiger partial charge on any atom is 0.257 e. The number of carbonyl (C=O) groups is 2. The van der Waals surface area contributed by atoms with Crippen molar-refractivity contribution in [1.29, 1.82) is 0 Å². The number of nitrogens with one attached hydrogen (secondary N) is 4. The van der Waals surface area contributed by atoms with Crippen LogP contribution >= 0.6 is 0 Å². The monoisotopic (exact) mass is 483 g/mol. The van der Waals surface area contributed by atoms with Gasteiger partial charge in [0.05, 0.1) is 23.0 Å². The summed E-state index contributed by atoms with van der Waals surface area (Å²) in [6.07, 6.45) is 3.10. The van der Waals surface area contributed by atoms with Crippen LogP contribution in [0.1, 0.15) is 50.5 Å². The molecule has 10 heteroatoms. The predicted molar refractivity (Wildman–Crippen MR) is 135 cm³/mol. The number of nitrogens with zero attached hydrogens (tertiary/aromatic N) is 3. The molecule has 0 saturated carbocycles. The van der Waals surface area contributed by atoms with Gasteiger partial charge in [-0.25, -0.2) is 4.68 Å². The Hall–Kier alpha value is -4.73. The lowest BCUT2D eigenvalue weighted by Crippen LogP contribution is -2.34. The lowest BCUT2D eigenvalue weighted by molar-refractivity contribution is 0.0945. The van der Waals surface area contributed by atoms with E-state index in [4.69, 9.17) is 0 Å². The third-order valence-electron chi connectivity index (χ3n) is 6.13. The fourth-order valence-electron chi connectivity index (χ4n) is 4.26. The molecule has 4 heterocycles. The van der Waals surface area contributed by atoms with Crippen molar-refractivity contribution in [2.75, 3.05) is 12.4 Å². The number of anilines is 1. The van der Waals surface area contributed by atoms with E-state index in [0.29, 0.717) is 16.9 Å². The molecule has 2 amide bonds. The van der Waals surface area contributed by atoms with E-state index in [-0.39, 0.29) is 29.5 Å². The van der Waals surface area contributed by atoms with E-state index < -0.39 is 5.91 Å². The molecule has 3 aromatic heterocycles. The lowest BCUT2D eigenvalue weighted by atomic mass is 10.0. The average Bonchev–Trinajstić information content (AvgIpc) is 3.27. The van der Waals surface area contributed by atoms with Gasteiger partial charge >= 0.3 is 0 Å². The third-order valence-corrected chi connectivity index (χ3v) is 6.13. The number of aromatic amines is 1. The zero-order chi connectivity index (χ0) is 25.4. The highest BCUT2D eigenvalue weighted by Gasteiger charge is 2.28. The summed E-state index contributed by atoms with van der Waals surface area (Å²) >= 11 is 0. The second-order valence-corrected chi connectivity index (χ2v) is 8.63. The maximum atomic E-state index is 13.2. The summed E-state index contributed by atoms with van der Waals surface area (Å²) in [6.45, 7) is 3.97. The molecule has 1 aromatic carbocycles. The van der Waals surface area contributed by atoms with Crippen molar-refractivity contribution >= 4 is 17.6 Å². The number of hydrogen-bond donors (Lipinski definition) is 4. The van der Waals surface area contributed by atoms with Gasteiger partial charge in [0.2, 0.25) is 5.43 Å². The van der Waals surface area contributed by atoms with E-state index in [2.05, 4.69) is 31.0 Å². The Bertz CT molecular complexity index is 1520. The molecule has 1 aliphatic heterocycles. The van der Waals surface area contributed by atoms with Gasteiger partial charge in [-0.15, -0.1) is 0 Å². The molecule has 10 nitrogen and oxygen atoms in total. The summed E-state index contributed by atoms with van der Waals surface area (Å²) in [5, 5.41) is 13.1. The standard InChI is InChI=1S/C26H25N7O3/c1-14-10-21-31-15(2)22-23(34)19(13-29-24(22)33(21)32-14)26(36)30-12-16-4-9-20(28-11-16)17-5-7-18(8-6-17)25(35)27-3/h4-11,13,15,31H,12H2,1-3H3,(H,27,35)(H,29,34)(H,30,36). The second-order valence-electron chi connectivity index (χ2n) is 8.63. The highest BCUT2D eigenvalue weighted by atomic mass is 16.2. The molecule has 1 unspecified atom stereocenters. The van der Waals surface area contributed by atoms with Crippen LogP contribution in [0.2, 0.25) is 0 Å². The highest BCUT2D eigenvalue weighted by Crippen LogP contribution is 2.29. The van der Waals surface area contributed by atoms with Crippen LogP contribution in [0.25, 0.3) is 17.1 Å². The summed E-state index contributed by atoms with van der Waals surface area (Å²) in [5.74, 6) is 0.737. The van der Waals surface area contributed by atoms with Crippen LogP contribution in [0.15, 0.2) is 59.7 Å². The first-order valence-electron chi connectivity index (χ1n) is 11.5. The summed E-state index contributed by atoms with van der Waals surface area (Å²) in [5.41, 5.74) is 3.96. The van der Waals surface area contributed by atoms with Crippen LogP contribution in [0, 0.1) is 6.92 Å². The molecule has 0 radical (unpaired) electrons. The maximum absolute atomic E-state index is 13.2. The average molecular weight is 484 g/mol. The van der Waals surface area contributed by atoms with Crippen LogP contribution < -0.4 is 21.4 Å². The minimum Gasteiger partial charge on any atom is -0.363 e. The number of benzene rings is 1. The van der Waals surface area contributed by atoms with Crippen molar-refractivity contribution in [1.82, 2.24) is 30.4 Å². The van der Waals surface area contributed by atoms with Gasteiger partial charge in [-0.05, 0) is 37.6 Å². The van der Waals surface area contributed by atoms with Crippen LogP contribution in [0.4, 0.5) is 5.82 Å². The van der Waals surface area contributed by atoms with Gasteiger partial charge in [0.15, 0.2) is 0 Å². The minimum absolute atomic E-state index is 0.0375. The van der Waals surface area contributed by atoms with E-state index in [9.17, 15) is 14.4 Å². The largest absolute Gasteiger partial charge is 0.363 e. The predicted octanol–water partition coefficient (Wildman–Crippen LogP) is 2.71. The normalized spacial score (nSPS) is 13.8. The SMILES string of the molecule is CNC(=O)c1ccc(-c2ccc(CNC(=O)c3c[nH]c4c(c3=O)C(C)Nc3cc(C)nn3-4)cn2)cc1. The summed E-state index contributed by atoms with van der Waals surface area (Å²) in [4.78, 5) is 45.3. The number of H-pyrrole nitrogens is 1. The van der Waals surface area contributed by atoms with Gasteiger partial charge in [0.25, 0.3) is 11.8 Å². The molecule has 0 spiro atoms. The van der Waals surface area contributed by atoms with E-state index in [0.717, 1.165) is 28.3 Å². The molecule has 36 heavy (non-hydrogen) atoms. The number of rotatable bonds is 5. The number of carbonyl (C=O) groups excluding carboxylic acids is 2. The number of hydrogen-bond acceptors (Lipinski definition) is 6. The van der Waals surface area contributed by atoms with E-state index >= 15 is 0 Å². The van der Waals surface area contributed by atoms with Gasteiger partial charge in [0, 0.05) is 43.2 Å². The van der Waals surface area contributed by atoms with Crippen LogP contribution in [0.5, 0.6) is 0 Å². The fourth-order valence-corrected chi connectivity index (χ4v) is 4.26. The second kappa shape index (κ2) is 9.14. The summed E-state index contributed by atoms with van der Waals surface area (Å²) in [7, 11) is 1.59. The highest BCUT2D eigenvalue weighted by molar-refractivity contribution is 5.95. The van der Waals surface area contributed by atoms with E-state index in [1.807, 2.05) is 44.2 Å². The number of aromatic nitrogens is 4. The molecule has 182 valence electrons. The number of aryl methyl sites for hydroxylation is 1. The quantitative estimate of drug-likeness (QED) is 0.345. The zero-order valence-electron chi connectivity index (χ0n) is 20.0. The molecular formula is C26H25N7O3. The number of pyridine rings is 2. The van der Waals surface area contributed by atoms with Crippen molar-refractivity contribution in [2.45, 2.75) is 26.4 Å². The molecule has 0 saturated heterocycles. The van der Waals surface area contributed by atoms with Crippen molar-refractivity contribution < 1.29 is 9.59 Å². The summed E-state index contributed by atoms with van der Waals surface area (Å²) < 4.78 is 1.65. The van der Waals surface area contributed by atoms with Crippen LogP contribution in [0.3, 0.4) is 0 Å². The Kier molecular flexibility index (Phi) is 5.85. The molecular weight excluding hydrogens is 458 g/mol. The number of amides is 2. The molecule has 0 fully saturated rings. The van der Waals surface area contributed by atoms with Crippen molar-refractivity contribution in [3.8, 4) is 17.1 Å². The van der Waals surface area contributed by atoms with Crippen LogP contribution in [-0.4, -0.2) is 38.6 Å².